The highest BCUT2D eigenvalue weighted by molar-refractivity contribution is 7.89. The number of rotatable bonds is 4. The van der Waals surface area contributed by atoms with Crippen molar-refractivity contribution in [3.05, 3.63) is 0 Å². The van der Waals surface area contributed by atoms with E-state index in [0.29, 0.717) is 25.9 Å². The minimum Gasteiger partial charge on any atom is -0.352 e. The van der Waals surface area contributed by atoms with E-state index in [0.717, 1.165) is 19.4 Å². The van der Waals surface area contributed by atoms with Gasteiger partial charge >= 0.3 is 0 Å². The Morgan fingerprint density at radius 2 is 1.95 bits per heavy atom. The van der Waals surface area contributed by atoms with Gasteiger partial charge in [-0.1, -0.05) is 0 Å². The van der Waals surface area contributed by atoms with Gasteiger partial charge in [0.2, 0.25) is 15.9 Å². The molecule has 0 aromatic rings. The average Bonchev–Trinajstić information content (AvgIpc) is 2.93. The summed E-state index contributed by atoms with van der Waals surface area (Å²) in [5.41, 5.74) is 0. The Hall–Kier alpha value is -0.370. The first-order chi connectivity index (χ1) is 9.03. The lowest BCUT2D eigenvalue weighted by Crippen LogP contribution is -2.50. The van der Waals surface area contributed by atoms with Gasteiger partial charge in [0.25, 0.3) is 0 Å². The second kappa shape index (κ2) is 7.59. The molecule has 1 amide bonds. The molecule has 2 N–H and O–H groups in total. The number of hydrogen-bond acceptors (Lipinski definition) is 4. The van der Waals surface area contributed by atoms with E-state index in [-0.39, 0.29) is 36.2 Å². The van der Waals surface area contributed by atoms with Crippen molar-refractivity contribution in [3.63, 3.8) is 0 Å². The van der Waals surface area contributed by atoms with Gasteiger partial charge < -0.3 is 10.6 Å². The minimum atomic E-state index is -3.08. The molecule has 0 spiro atoms. The molecule has 20 heavy (non-hydrogen) atoms. The van der Waals surface area contributed by atoms with Crippen LogP contribution in [0.3, 0.4) is 0 Å². The number of piperidine rings is 1. The van der Waals surface area contributed by atoms with E-state index in [2.05, 4.69) is 10.6 Å². The highest BCUT2D eigenvalue weighted by atomic mass is 35.5. The number of sulfonamides is 1. The first-order valence-electron chi connectivity index (χ1n) is 7.04. The zero-order valence-corrected chi connectivity index (χ0v) is 13.4. The van der Waals surface area contributed by atoms with E-state index in [4.69, 9.17) is 0 Å². The van der Waals surface area contributed by atoms with Crippen molar-refractivity contribution in [2.45, 2.75) is 44.7 Å². The SMILES string of the molecule is CCS(=O)(=O)N1CCC(NC(=O)[C@@H]2CCCN2)CC1.Cl. The maximum absolute atomic E-state index is 11.9. The van der Waals surface area contributed by atoms with Crippen LogP contribution in [0.15, 0.2) is 0 Å². The second-order valence-corrected chi connectivity index (χ2v) is 7.49. The third-order valence-corrected chi connectivity index (χ3v) is 5.82. The lowest BCUT2D eigenvalue weighted by atomic mass is 10.1. The van der Waals surface area contributed by atoms with Crippen LogP contribution in [0.1, 0.15) is 32.6 Å². The molecule has 0 saturated carbocycles. The van der Waals surface area contributed by atoms with Crippen LogP contribution < -0.4 is 10.6 Å². The van der Waals surface area contributed by atoms with Crippen molar-refractivity contribution < 1.29 is 13.2 Å². The van der Waals surface area contributed by atoms with E-state index < -0.39 is 10.0 Å². The summed E-state index contributed by atoms with van der Waals surface area (Å²) in [4.78, 5) is 11.9. The van der Waals surface area contributed by atoms with E-state index in [1.165, 1.54) is 4.31 Å². The lowest BCUT2D eigenvalue weighted by molar-refractivity contribution is -0.123. The Balaban J connectivity index is 0.00000200. The molecule has 0 unspecified atom stereocenters. The van der Waals surface area contributed by atoms with E-state index in [1.807, 2.05) is 0 Å². The molecule has 0 radical (unpaired) electrons. The van der Waals surface area contributed by atoms with Gasteiger partial charge in [0.1, 0.15) is 0 Å². The largest absolute Gasteiger partial charge is 0.352 e. The summed E-state index contributed by atoms with van der Waals surface area (Å²) in [6.45, 7) is 3.60. The molecule has 2 aliphatic rings. The summed E-state index contributed by atoms with van der Waals surface area (Å²) in [7, 11) is -3.08. The molecule has 0 bridgehead atoms. The van der Waals surface area contributed by atoms with Gasteiger partial charge in [-0.25, -0.2) is 12.7 Å². The van der Waals surface area contributed by atoms with E-state index in [1.54, 1.807) is 6.92 Å². The number of halogens is 1. The Morgan fingerprint density at radius 3 is 2.45 bits per heavy atom. The number of nitrogens with zero attached hydrogens (tertiary/aromatic N) is 1. The molecule has 8 heteroatoms. The summed E-state index contributed by atoms with van der Waals surface area (Å²) >= 11 is 0. The van der Waals surface area contributed by atoms with Crippen molar-refractivity contribution in [2.75, 3.05) is 25.4 Å². The molecule has 118 valence electrons. The third kappa shape index (κ3) is 4.31. The van der Waals surface area contributed by atoms with Crippen molar-refractivity contribution in [1.29, 1.82) is 0 Å². The maximum atomic E-state index is 11.9. The number of amides is 1. The first-order valence-corrected chi connectivity index (χ1v) is 8.65. The van der Waals surface area contributed by atoms with Gasteiger partial charge in [0.15, 0.2) is 0 Å². The molecule has 0 aromatic carbocycles. The third-order valence-electron chi connectivity index (χ3n) is 3.94. The Bertz CT molecular complexity index is 416. The van der Waals surface area contributed by atoms with Crippen molar-refractivity contribution in [3.8, 4) is 0 Å². The fraction of sp³-hybridized carbons (Fsp3) is 0.917. The van der Waals surface area contributed by atoms with Crippen molar-refractivity contribution in [1.82, 2.24) is 14.9 Å². The summed E-state index contributed by atoms with van der Waals surface area (Å²) in [5.74, 6) is 0.213. The number of nitrogens with one attached hydrogen (secondary N) is 2. The first kappa shape index (κ1) is 17.7. The van der Waals surface area contributed by atoms with Crippen LogP contribution in [-0.4, -0.2) is 56.1 Å². The van der Waals surface area contributed by atoms with Gasteiger partial charge in [0, 0.05) is 19.1 Å². The maximum Gasteiger partial charge on any atom is 0.237 e. The van der Waals surface area contributed by atoms with Gasteiger partial charge in [-0.05, 0) is 39.2 Å². The Morgan fingerprint density at radius 1 is 1.30 bits per heavy atom. The van der Waals surface area contributed by atoms with Gasteiger partial charge in [-0.3, -0.25) is 4.79 Å². The summed E-state index contributed by atoms with van der Waals surface area (Å²) in [6.07, 6.45) is 3.36. The molecule has 0 aromatic heterocycles. The van der Waals surface area contributed by atoms with Crippen molar-refractivity contribution >= 4 is 28.3 Å². The van der Waals surface area contributed by atoms with Gasteiger partial charge in [0.05, 0.1) is 11.8 Å². The summed E-state index contributed by atoms with van der Waals surface area (Å²) in [5, 5.41) is 6.20. The number of hydrogen-bond donors (Lipinski definition) is 2. The van der Waals surface area contributed by atoms with Crippen LogP contribution in [-0.2, 0) is 14.8 Å². The van der Waals surface area contributed by atoms with E-state index in [9.17, 15) is 13.2 Å². The molecule has 1 atom stereocenters. The monoisotopic (exact) mass is 325 g/mol. The van der Waals surface area contributed by atoms with Crippen LogP contribution in [0.5, 0.6) is 0 Å². The summed E-state index contributed by atoms with van der Waals surface area (Å²) < 4.78 is 25.0. The number of carbonyl (C=O) groups excluding carboxylic acids is 1. The van der Waals surface area contributed by atoms with Gasteiger partial charge in [-0.15, -0.1) is 12.4 Å². The predicted molar refractivity (Wildman–Crippen MR) is 80.5 cm³/mol. The van der Waals surface area contributed by atoms with Gasteiger partial charge in [-0.2, -0.15) is 0 Å². The van der Waals surface area contributed by atoms with Crippen LogP contribution in [0.25, 0.3) is 0 Å². The molecule has 2 fully saturated rings. The van der Waals surface area contributed by atoms with Crippen LogP contribution >= 0.6 is 12.4 Å². The zero-order valence-electron chi connectivity index (χ0n) is 11.8. The molecule has 2 rings (SSSR count). The molecule has 0 aliphatic carbocycles. The molecule has 2 heterocycles. The molecule has 2 aliphatic heterocycles. The van der Waals surface area contributed by atoms with E-state index >= 15 is 0 Å². The lowest BCUT2D eigenvalue weighted by Gasteiger charge is -2.31. The van der Waals surface area contributed by atoms with Crippen LogP contribution in [0.2, 0.25) is 0 Å². The highest BCUT2D eigenvalue weighted by Gasteiger charge is 2.29. The van der Waals surface area contributed by atoms with Crippen molar-refractivity contribution in [2.24, 2.45) is 0 Å². The quantitative estimate of drug-likeness (QED) is 0.768. The van der Waals surface area contributed by atoms with Crippen LogP contribution in [0, 0.1) is 0 Å². The Kier molecular flexibility index (Phi) is 6.71. The molecule has 2 saturated heterocycles. The zero-order chi connectivity index (χ0) is 13.9. The molecular weight excluding hydrogens is 302 g/mol. The topological polar surface area (TPSA) is 78.5 Å². The minimum absolute atomic E-state index is 0. The highest BCUT2D eigenvalue weighted by Crippen LogP contribution is 2.15. The predicted octanol–water partition coefficient (Wildman–Crippen LogP) is 0.0905. The normalized spacial score (nSPS) is 25.1. The Labute approximate surface area is 127 Å². The molecule has 6 nitrogen and oxygen atoms in total. The standard InChI is InChI=1S/C12H23N3O3S.ClH/c1-2-19(17,18)15-8-5-10(6-9-15)14-12(16)11-4-3-7-13-11;/h10-11,13H,2-9H2,1H3,(H,14,16);1H/t11-;/m0./s1. The number of carbonyl (C=O) groups is 1. The fourth-order valence-electron chi connectivity index (χ4n) is 2.67. The second-order valence-electron chi connectivity index (χ2n) is 5.23. The fourth-order valence-corrected chi connectivity index (χ4v) is 3.80. The smallest absolute Gasteiger partial charge is 0.237 e. The summed E-state index contributed by atoms with van der Waals surface area (Å²) in [6, 6.07) is 0.0515. The average molecular weight is 326 g/mol. The van der Waals surface area contributed by atoms with Crippen LogP contribution in [0.4, 0.5) is 0 Å². The molecular formula is C12H24ClN3O3S.